The van der Waals surface area contributed by atoms with Crippen molar-refractivity contribution < 1.29 is 0 Å². The molecule has 0 aliphatic rings. The molecule has 1 N–H and O–H groups in total. The molecule has 0 radical (unpaired) electrons. The van der Waals surface area contributed by atoms with Gasteiger partial charge in [-0.05, 0) is 20.8 Å². The van der Waals surface area contributed by atoms with E-state index in [1.165, 1.54) is 15.3 Å². The summed E-state index contributed by atoms with van der Waals surface area (Å²) in [6.45, 7) is 5.48. The number of aromatic nitrogens is 4. The molecule has 6 heteroatoms. The summed E-state index contributed by atoms with van der Waals surface area (Å²) in [6.07, 6.45) is 4.74. The smallest absolute Gasteiger partial charge is 0.303 e. The van der Waals surface area contributed by atoms with E-state index >= 15 is 0 Å². The maximum absolute atomic E-state index is 12.4. The van der Waals surface area contributed by atoms with E-state index in [1.807, 2.05) is 20.8 Å². The van der Waals surface area contributed by atoms with Crippen LogP contribution in [0.15, 0.2) is 28.2 Å². The van der Waals surface area contributed by atoms with Gasteiger partial charge in [-0.2, -0.15) is 5.10 Å². The van der Waals surface area contributed by atoms with Crippen LogP contribution in [-0.4, -0.2) is 19.3 Å². The number of rotatable bonds is 1. The van der Waals surface area contributed by atoms with Crippen molar-refractivity contribution in [3.05, 3.63) is 39.4 Å². The molecule has 0 aromatic carbocycles. The molecule has 0 aliphatic carbocycles. The van der Waals surface area contributed by atoms with Gasteiger partial charge in [0.2, 0.25) is 0 Å². The molecule has 0 fully saturated rings. The monoisotopic (exact) mass is 248 g/mol. The van der Waals surface area contributed by atoms with Crippen molar-refractivity contribution in [3.8, 4) is 11.1 Å². The highest BCUT2D eigenvalue weighted by molar-refractivity contribution is 5.59. The van der Waals surface area contributed by atoms with E-state index < -0.39 is 5.54 Å². The molecule has 0 bridgehead atoms. The average Bonchev–Trinajstić information content (AvgIpc) is 2.74. The van der Waals surface area contributed by atoms with Crippen LogP contribution in [0.3, 0.4) is 0 Å². The minimum atomic E-state index is -0.564. The second-order valence-corrected chi connectivity index (χ2v) is 5.23. The Labute approximate surface area is 104 Å². The first-order valence-electron chi connectivity index (χ1n) is 5.64. The number of aromatic amines is 1. The van der Waals surface area contributed by atoms with Crippen molar-refractivity contribution in [2.24, 2.45) is 7.05 Å². The van der Waals surface area contributed by atoms with Gasteiger partial charge < -0.3 is 4.57 Å². The molecule has 0 unspecified atom stereocenters. The highest BCUT2D eigenvalue weighted by atomic mass is 16.2. The van der Waals surface area contributed by atoms with Gasteiger partial charge in [0.25, 0.3) is 5.56 Å². The second-order valence-electron chi connectivity index (χ2n) is 5.23. The van der Waals surface area contributed by atoms with Gasteiger partial charge in [-0.25, -0.2) is 4.79 Å². The summed E-state index contributed by atoms with van der Waals surface area (Å²) in [7, 11) is 1.63. The molecule has 2 rings (SSSR count). The van der Waals surface area contributed by atoms with Crippen LogP contribution in [0.5, 0.6) is 0 Å². The minimum absolute atomic E-state index is 0.299. The van der Waals surface area contributed by atoms with Crippen molar-refractivity contribution in [2.45, 2.75) is 26.3 Å². The second kappa shape index (κ2) is 3.97. The Kier molecular flexibility index (Phi) is 2.73. The van der Waals surface area contributed by atoms with Crippen LogP contribution in [-0.2, 0) is 12.6 Å². The van der Waals surface area contributed by atoms with E-state index in [0.717, 1.165) is 0 Å². The van der Waals surface area contributed by atoms with Gasteiger partial charge in [-0.1, -0.05) is 0 Å². The molecule has 2 heterocycles. The van der Waals surface area contributed by atoms with Crippen molar-refractivity contribution in [2.75, 3.05) is 0 Å². The fraction of sp³-hybridized carbons (Fsp3) is 0.417. The number of nitrogens with one attached hydrogen (secondary N) is 1. The lowest BCUT2D eigenvalue weighted by Gasteiger charge is -2.22. The predicted molar refractivity (Wildman–Crippen MR) is 68.5 cm³/mol. The Morgan fingerprint density at radius 1 is 1.28 bits per heavy atom. The quantitative estimate of drug-likeness (QED) is 0.807. The zero-order valence-corrected chi connectivity index (χ0v) is 10.9. The Hall–Kier alpha value is -2.11. The van der Waals surface area contributed by atoms with E-state index in [2.05, 4.69) is 10.2 Å². The first-order chi connectivity index (χ1) is 8.32. The molecular weight excluding hydrogens is 232 g/mol. The van der Waals surface area contributed by atoms with E-state index in [4.69, 9.17) is 0 Å². The molecular formula is C12H16N4O2. The lowest BCUT2D eigenvalue weighted by atomic mass is 10.1. The summed E-state index contributed by atoms with van der Waals surface area (Å²) in [5, 5.41) is 6.49. The summed E-state index contributed by atoms with van der Waals surface area (Å²) < 4.78 is 2.67. The van der Waals surface area contributed by atoms with Crippen molar-refractivity contribution in [1.82, 2.24) is 19.3 Å². The van der Waals surface area contributed by atoms with E-state index in [0.29, 0.717) is 11.1 Å². The normalized spacial score (nSPS) is 11.8. The van der Waals surface area contributed by atoms with Gasteiger partial charge >= 0.3 is 5.69 Å². The number of hydrogen-bond acceptors (Lipinski definition) is 3. The number of aryl methyl sites for hydroxylation is 1. The van der Waals surface area contributed by atoms with Gasteiger partial charge in [0.15, 0.2) is 0 Å². The van der Waals surface area contributed by atoms with Crippen LogP contribution in [0.2, 0.25) is 0 Å². The van der Waals surface area contributed by atoms with E-state index in [9.17, 15) is 9.59 Å². The highest BCUT2D eigenvalue weighted by Gasteiger charge is 2.21. The Morgan fingerprint density at radius 2 is 1.94 bits per heavy atom. The third kappa shape index (κ3) is 1.90. The Balaban J connectivity index is 2.85. The molecule has 18 heavy (non-hydrogen) atoms. The van der Waals surface area contributed by atoms with Gasteiger partial charge in [-0.15, -0.1) is 0 Å². The average molecular weight is 248 g/mol. The molecule has 0 aliphatic heterocycles. The molecule has 96 valence electrons. The predicted octanol–water partition coefficient (Wildman–Crippen LogP) is 0.692. The molecule has 2 aromatic heterocycles. The lowest BCUT2D eigenvalue weighted by molar-refractivity contribution is 0.359. The van der Waals surface area contributed by atoms with Crippen LogP contribution in [0, 0.1) is 0 Å². The molecule has 0 atom stereocenters. The maximum Gasteiger partial charge on any atom is 0.331 e. The van der Waals surface area contributed by atoms with Crippen molar-refractivity contribution >= 4 is 0 Å². The highest BCUT2D eigenvalue weighted by Crippen LogP contribution is 2.14. The fourth-order valence-electron chi connectivity index (χ4n) is 1.86. The summed E-state index contributed by atoms with van der Waals surface area (Å²) in [5.74, 6) is 0. The van der Waals surface area contributed by atoms with Crippen LogP contribution < -0.4 is 11.2 Å². The summed E-state index contributed by atoms with van der Waals surface area (Å²) >= 11 is 0. The zero-order chi connectivity index (χ0) is 13.5. The number of hydrogen-bond donors (Lipinski definition) is 1. The standard InChI is InChI=1S/C12H16N4O2/c1-12(2,3)16-10(17)9(7-15(4)11(16)18)8-5-13-14-6-8/h5-7H,1-4H3,(H,13,14). The third-order valence-electron chi connectivity index (χ3n) is 2.73. The third-order valence-corrected chi connectivity index (χ3v) is 2.73. The lowest BCUT2D eigenvalue weighted by Crippen LogP contribution is -2.47. The van der Waals surface area contributed by atoms with E-state index in [1.54, 1.807) is 19.4 Å². The first kappa shape index (κ1) is 12.3. The molecule has 0 saturated carbocycles. The molecule has 6 nitrogen and oxygen atoms in total. The summed E-state index contributed by atoms with van der Waals surface area (Å²) in [5.41, 5.74) is -0.0489. The maximum atomic E-state index is 12.4. The molecule has 2 aromatic rings. The van der Waals surface area contributed by atoms with Crippen molar-refractivity contribution in [3.63, 3.8) is 0 Å². The van der Waals surface area contributed by atoms with Crippen LogP contribution >= 0.6 is 0 Å². The minimum Gasteiger partial charge on any atom is -0.303 e. The van der Waals surface area contributed by atoms with Crippen LogP contribution in [0.25, 0.3) is 11.1 Å². The summed E-state index contributed by atoms with van der Waals surface area (Å²) in [6, 6.07) is 0. The molecule has 0 saturated heterocycles. The van der Waals surface area contributed by atoms with Gasteiger partial charge in [-0.3, -0.25) is 14.5 Å². The van der Waals surface area contributed by atoms with Crippen LogP contribution in [0.1, 0.15) is 20.8 Å². The van der Waals surface area contributed by atoms with Gasteiger partial charge in [0.05, 0.1) is 11.8 Å². The SMILES string of the molecule is Cn1cc(-c2cn[nH]c2)c(=O)n(C(C)(C)C)c1=O. The van der Waals surface area contributed by atoms with E-state index in [-0.39, 0.29) is 11.2 Å². The largest absolute Gasteiger partial charge is 0.331 e. The van der Waals surface area contributed by atoms with Gasteiger partial charge in [0, 0.05) is 30.5 Å². The van der Waals surface area contributed by atoms with Gasteiger partial charge in [0.1, 0.15) is 0 Å². The fourth-order valence-corrected chi connectivity index (χ4v) is 1.86. The Bertz CT molecular complexity index is 672. The topological polar surface area (TPSA) is 72.7 Å². The molecule has 0 spiro atoms. The first-order valence-corrected chi connectivity index (χ1v) is 5.64. The van der Waals surface area contributed by atoms with Crippen molar-refractivity contribution in [1.29, 1.82) is 0 Å². The Morgan fingerprint density at radius 3 is 2.44 bits per heavy atom. The number of nitrogens with zero attached hydrogens (tertiary/aromatic N) is 3. The number of H-pyrrole nitrogens is 1. The molecule has 0 amide bonds. The van der Waals surface area contributed by atoms with Crippen LogP contribution in [0.4, 0.5) is 0 Å². The summed E-state index contributed by atoms with van der Waals surface area (Å²) in [4.78, 5) is 24.5. The zero-order valence-electron chi connectivity index (χ0n) is 10.9.